The molecule has 0 amide bonds. The van der Waals surface area contributed by atoms with Crippen molar-refractivity contribution < 1.29 is 47.6 Å². The molecular weight excluding hydrogens is 352 g/mol. The zero-order valence-corrected chi connectivity index (χ0v) is 14.9. The maximum Gasteiger partial charge on any atom is 0.344 e. The lowest BCUT2D eigenvalue weighted by atomic mass is 10.5. The first-order valence-corrected chi connectivity index (χ1v) is 7.80. The second kappa shape index (κ2) is 16.0. The molecule has 0 aromatic rings. The lowest BCUT2D eigenvalue weighted by Crippen LogP contribution is -2.17. The summed E-state index contributed by atoms with van der Waals surface area (Å²) in [5.41, 5.74) is 0. The highest BCUT2D eigenvalue weighted by molar-refractivity contribution is 5.93. The van der Waals surface area contributed by atoms with Gasteiger partial charge in [-0.1, -0.05) is 0 Å². The Balaban J connectivity index is 3.82. The molecule has 10 heteroatoms. The highest BCUT2D eigenvalue weighted by atomic mass is 16.6. The summed E-state index contributed by atoms with van der Waals surface area (Å²) in [6.45, 7) is 0.0111. The molecular formula is C16H24O10. The van der Waals surface area contributed by atoms with Crippen LogP contribution in [-0.4, -0.2) is 77.7 Å². The topological polar surface area (TPSA) is 124 Å². The third-order valence-electron chi connectivity index (χ3n) is 2.53. The van der Waals surface area contributed by atoms with Crippen molar-refractivity contribution >= 4 is 23.9 Å². The molecule has 0 saturated heterocycles. The van der Waals surface area contributed by atoms with Crippen molar-refractivity contribution in [3.8, 4) is 0 Å². The number of hydrogen-bond donors (Lipinski definition) is 0. The van der Waals surface area contributed by atoms with Gasteiger partial charge in [-0.05, 0) is 0 Å². The molecule has 0 fully saturated rings. The van der Waals surface area contributed by atoms with Crippen LogP contribution in [0, 0.1) is 0 Å². The molecule has 0 aliphatic heterocycles. The minimum absolute atomic E-state index is 0.147. The fraction of sp³-hybridized carbons (Fsp3) is 0.625. The quantitative estimate of drug-likeness (QED) is 0.174. The first kappa shape index (κ1) is 23.5. The third kappa shape index (κ3) is 15.1. The van der Waals surface area contributed by atoms with Crippen LogP contribution in [0.5, 0.6) is 0 Å². The number of carbonyl (C=O) groups is 4. The number of ether oxygens (including phenoxy) is 6. The average Bonchev–Trinajstić information content (AvgIpc) is 2.63. The van der Waals surface area contributed by atoms with Gasteiger partial charge in [-0.2, -0.15) is 0 Å². The number of rotatable bonds is 14. The lowest BCUT2D eigenvalue weighted by molar-refractivity contribution is -0.157. The molecule has 0 aromatic carbocycles. The van der Waals surface area contributed by atoms with E-state index in [4.69, 9.17) is 18.9 Å². The van der Waals surface area contributed by atoms with Gasteiger partial charge < -0.3 is 28.4 Å². The van der Waals surface area contributed by atoms with Crippen molar-refractivity contribution in [3.63, 3.8) is 0 Å². The van der Waals surface area contributed by atoms with E-state index in [-0.39, 0.29) is 13.2 Å². The minimum Gasteiger partial charge on any atom is -0.463 e. The molecule has 0 heterocycles. The fourth-order valence-electron chi connectivity index (χ4n) is 1.35. The predicted octanol–water partition coefficient (Wildman–Crippen LogP) is -0.212. The molecule has 0 N–H and O–H groups in total. The van der Waals surface area contributed by atoms with Crippen LogP contribution in [0.4, 0.5) is 0 Å². The molecule has 0 spiro atoms. The van der Waals surface area contributed by atoms with Gasteiger partial charge in [0.1, 0.15) is 0 Å². The normalized spacial score (nSPS) is 10.4. The van der Waals surface area contributed by atoms with Crippen LogP contribution in [0.25, 0.3) is 0 Å². The summed E-state index contributed by atoms with van der Waals surface area (Å²) in [5, 5.41) is 0. The largest absolute Gasteiger partial charge is 0.463 e. The Morgan fingerprint density at radius 3 is 1.35 bits per heavy atom. The van der Waals surface area contributed by atoms with Crippen molar-refractivity contribution in [2.45, 2.75) is 12.8 Å². The van der Waals surface area contributed by atoms with Crippen LogP contribution in [0.3, 0.4) is 0 Å². The van der Waals surface area contributed by atoms with E-state index >= 15 is 0 Å². The monoisotopic (exact) mass is 376 g/mol. The van der Waals surface area contributed by atoms with Crippen LogP contribution < -0.4 is 0 Å². The molecule has 0 unspecified atom stereocenters. The molecule has 0 atom stereocenters. The summed E-state index contributed by atoms with van der Waals surface area (Å²) in [5.74, 6) is -3.31. The zero-order chi connectivity index (χ0) is 19.6. The van der Waals surface area contributed by atoms with E-state index in [9.17, 15) is 19.2 Å². The molecule has 0 bridgehead atoms. The molecule has 0 aromatic heterocycles. The Morgan fingerprint density at radius 1 is 0.615 bits per heavy atom. The van der Waals surface area contributed by atoms with E-state index in [1.54, 1.807) is 0 Å². The molecule has 0 saturated carbocycles. The smallest absolute Gasteiger partial charge is 0.344 e. The van der Waals surface area contributed by atoms with Crippen molar-refractivity contribution in [2.24, 2.45) is 0 Å². The van der Waals surface area contributed by atoms with Gasteiger partial charge in [0, 0.05) is 52.4 Å². The second-order valence-corrected chi connectivity index (χ2v) is 4.68. The van der Waals surface area contributed by atoms with Crippen LogP contribution in [0.15, 0.2) is 12.2 Å². The van der Waals surface area contributed by atoms with Gasteiger partial charge in [0.25, 0.3) is 0 Å². The maximum absolute atomic E-state index is 11.3. The Hall–Kier alpha value is -2.46. The molecule has 0 aliphatic rings. The molecule has 0 aliphatic carbocycles. The van der Waals surface area contributed by atoms with Crippen LogP contribution in [-0.2, 0) is 47.6 Å². The highest BCUT2D eigenvalue weighted by Crippen LogP contribution is 1.91. The van der Waals surface area contributed by atoms with Gasteiger partial charge in [0.15, 0.2) is 13.2 Å². The van der Waals surface area contributed by atoms with Crippen molar-refractivity contribution in [1.82, 2.24) is 0 Å². The molecule has 148 valence electrons. The molecule has 10 nitrogen and oxygen atoms in total. The zero-order valence-electron chi connectivity index (χ0n) is 14.9. The predicted molar refractivity (Wildman–Crippen MR) is 86.0 cm³/mol. The summed E-state index contributed by atoms with van der Waals surface area (Å²) in [6.07, 6.45) is 2.59. The minimum atomic E-state index is -0.932. The van der Waals surface area contributed by atoms with Crippen LogP contribution in [0.2, 0.25) is 0 Å². The van der Waals surface area contributed by atoms with Crippen molar-refractivity contribution in [1.29, 1.82) is 0 Å². The van der Waals surface area contributed by atoms with E-state index in [0.717, 1.165) is 12.2 Å². The van der Waals surface area contributed by atoms with Crippen molar-refractivity contribution in [3.05, 3.63) is 12.2 Å². The fourth-order valence-corrected chi connectivity index (χ4v) is 1.35. The van der Waals surface area contributed by atoms with Gasteiger partial charge in [-0.25, -0.2) is 19.2 Å². The standard InChI is InChI=1S/C16H24O10/c1-21-7-3-9-23-15(19)11-25-13(17)5-6-14(18)26-12-16(20)24-10-4-8-22-2/h5-6H,3-4,7-12H2,1-2H3/b6-5+. The van der Waals surface area contributed by atoms with Gasteiger partial charge in [0.2, 0.25) is 0 Å². The summed E-state index contributed by atoms with van der Waals surface area (Å²) < 4.78 is 28.2. The van der Waals surface area contributed by atoms with Gasteiger partial charge in [0.05, 0.1) is 13.2 Å². The van der Waals surface area contributed by atoms with E-state index in [1.165, 1.54) is 14.2 Å². The Morgan fingerprint density at radius 2 is 1.00 bits per heavy atom. The van der Waals surface area contributed by atoms with Gasteiger partial charge in [-0.3, -0.25) is 0 Å². The van der Waals surface area contributed by atoms with Gasteiger partial charge in [-0.15, -0.1) is 0 Å². The van der Waals surface area contributed by atoms with E-state index in [1.807, 2.05) is 0 Å². The van der Waals surface area contributed by atoms with E-state index in [2.05, 4.69) is 9.47 Å². The molecule has 0 radical (unpaired) electrons. The Bertz CT molecular complexity index is 430. The maximum atomic E-state index is 11.3. The van der Waals surface area contributed by atoms with E-state index in [0.29, 0.717) is 26.1 Å². The number of methoxy groups -OCH3 is 2. The number of carbonyl (C=O) groups excluding carboxylic acids is 4. The van der Waals surface area contributed by atoms with Gasteiger partial charge >= 0.3 is 23.9 Å². The van der Waals surface area contributed by atoms with Crippen molar-refractivity contribution in [2.75, 3.05) is 53.9 Å². The average molecular weight is 376 g/mol. The Labute approximate surface area is 151 Å². The first-order valence-electron chi connectivity index (χ1n) is 7.80. The summed E-state index contributed by atoms with van der Waals surface area (Å²) >= 11 is 0. The lowest BCUT2D eigenvalue weighted by Gasteiger charge is -2.05. The van der Waals surface area contributed by atoms with E-state index < -0.39 is 37.1 Å². The third-order valence-corrected chi connectivity index (χ3v) is 2.53. The highest BCUT2D eigenvalue weighted by Gasteiger charge is 2.09. The molecule has 26 heavy (non-hydrogen) atoms. The first-order chi connectivity index (χ1) is 12.5. The molecule has 0 rings (SSSR count). The number of hydrogen-bond acceptors (Lipinski definition) is 10. The second-order valence-electron chi connectivity index (χ2n) is 4.68. The summed E-state index contributed by atoms with van der Waals surface area (Å²) in [7, 11) is 3.04. The number of esters is 4. The van der Waals surface area contributed by atoms with Crippen LogP contribution in [0.1, 0.15) is 12.8 Å². The van der Waals surface area contributed by atoms with Crippen LogP contribution >= 0.6 is 0 Å². The summed E-state index contributed by atoms with van der Waals surface area (Å²) in [6, 6.07) is 0. The SMILES string of the molecule is COCCCOC(=O)COC(=O)/C=C/C(=O)OCC(=O)OCCCOC. The Kier molecular flexibility index (Phi) is 14.5. The summed E-state index contributed by atoms with van der Waals surface area (Å²) in [4.78, 5) is 45.1.